The normalized spacial score (nSPS) is 10.3. The number of hydrogen-bond acceptors (Lipinski definition) is 5. The van der Waals surface area contributed by atoms with Gasteiger partial charge in [-0.2, -0.15) is 0 Å². The highest BCUT2D eigenvalue weighted by Crippen LogP contribution is 2.22. The van der Waals surface area contributed by atoms with Crippen LogP contribution in [0, 0.1) is 13.8 Å². The third kappa shape index (κ3) is 3.37. The summed E-state index contributed by atoms with van der Waals surface area (Å²) in [6.45, 7) is 4.22. The van der Waals surface area contributed by atoms with Gasteiger partial charge in [0, 0.05) is 5.69 Å². The van der Waals surface area contributed by atoms with Crippen molar-refractivity contribution in [3.8, 4) is 5.75 Å². The Balaban J connectivity index is 2.06. The van der Waals surface area contributed by atoms with Crippen LogP contribution in [0.5, 0.6) is 5.75 Å². The number of esters is 1. The van der Waals surface area contributed by atoms with Crippen molar-refractivity contribution in [2.45, 2.75) is 20.4 Å². The van der Waals surface area contributed by atoms with E-state index in [2.05, 4.69) is 5.32 Å². The number of carbonyl (C=O) groups is 1. The summed E-state index contributed by atoms with van der Waals surface area (Å²) in [5.74, 6) is 1.70. The van der Waals surface area contributed by atoms with E-state index in [1.54, 1.807) is 20.1 Å². The van der Waals surface area contributed by atoms with E-state index >= 15 is 0 Å². The number of benzene rings is 1. The van der Waals surface area contributed by atoms with Gasteiger partial charge in [-0.05, 0) is 43.7 Å². The molecule has 0 amide bonds. The first kappa shape index (κ1) is 15.0. The van der Waals surface area contributed by atoms with Gasteiger partial charge in [0.25, 0.3) is 0 Å². The highest BCUT2D eigenvalue weighted by atomic mass is 16.5. The standard InChI is InChI=1S/C16H19NO4/c1-10-7-12(5-6-15(10)19-3)17-9-13-8-14(11(2)21-13)16(18)20-4/h5-8,17H,9H2,1-4H3. The van der Waals surface area contributed by atoms with Gasteiger partial charge in [0.2, 0.25) is 0 Å². The van der Waals surface area contributed by atoms with E-state index in [1.165, 1.54) is 7.11 Å². The summed E-state index contributed by atoms with van der Waals surface area (Å²) < 4.78 is 15.5. The maximum atomic E-state index is 11.5. The van der Waals surface area contributed by atoms with Crippen LogP contribution in [-0.4, -0.2) is 20.2 Å². The van der Waals surface area contributed by atoms with Crippen molar-refractivity contribution in [1.82, 2.24) is 0 Å². The summed E-state index contributed by atoms with van der Waals surface area (Å²) in [6, 6.07) is 7.54. The average molecular weight is 289 g/mol. The Morgan fingerprint density at radius 2 is 2.00 bits per heavy atom. The van der Waals surface area contributed by atoms with Crippen LogP contribution in [-0.2, 0) is 11.3 Å². The third-order valence-electron chi connectivity index (χ3n) is 3.24. The summed E-state index contributed by atoms with van der Waals surface area (Å²) in [5.41, 5.74) is 2.47. The lowest BCUT2D eigenvalue weighted by atomic mass is 10.2. The molecule has 1 aromatic carbocycles. The van der Waals surface area contributed by atoms with Gasteiger partial charge in [0.15, 0.2) is 0 Å². The van der Waals surface area contributed by atoms with Crippen LogP contribution in [0.15, 0.2) is 28.7 Å². The highest BCUT2D eigenvalue weighted by Gasteiger charge is 2.15. The van der Waals surface area contributed by atoms with Crippen molar-refractivity contribution < 1.29 is 18.7 Å². The predicted octanol–water partition coefficient (Wildman–Crippen LogP) is 3.30. The molecule has 1 aromatic heterocycles. The average Bonchev–Trinajstić information content (AvgIpc) is 2.85. The van der Waals surface area contributed by atoms with Gasteiger partial charge in [0.05, 0.1) is 20.8 Å². The first-order chi connectivity index (χ1) is 10.0. The fraction of sp³-hybridized carbons (Fsp3) is 0.312. The van der Waals surface area contributed by atoms with Crippen LogP contribution in [0.2, 0.25) is 0 Å². The molecule has 1 N–H and O–H groups in total. The van der Waals surface area contributed by atoms with Crippen LogP contribution < -0.4 is 10.1 Å². The molecular weight excluding hydrogens is 270 g/mol. The molecule has 0 fully saturated rings. The maximum Gasteiger partial charge on any atom is 0.341 e. The molecule has 0 bridgehead atoms. The van der Waals surface area contributed by atoms with Gasteiger partial charge < -0.3 is 19.2 Å². The second kappa shape index (κ2) is 6.35. The second-order valence-electron chi connectivity index (χ2n) is 4.71. The molecule has 5 nitrogen and oxygen atoms in total. The predicted molar refractivity (Wildman–Crippen MR) is 79.8 cm³/mol. The number of furan rings is 1. The Hall–Kier alpha value is -2.43. The Kier molecular flexibility index (Phi) is 4.52. The number of aryl methyl sites for hydroxylation is 2. The van der Waals surface area contributed by atoms with Crippen molar-refractivity contribution in [1.29, 1.82) is 0 Å². The zero-order valence-electron chi connectivity index (χ0n) is 12.6. The van der Waals surface area contributed by atoms with Gasteiger partial charge >= 0.3 is 5.97 Å². The summed E-state index contributed by atoms with van der Waals surface area (Å²) in [7, 11) is 3.00. The first-order valence-electron chi connectivity index (χ1n) is 6.61. The quantitative estimate of drug-likeness (QED) is 0.856. The Labute approximate surface area is 123 Å². The third-order valence-corrected chi connectivity index (χ3v) is 3.24. The monoisotopic (exact) mass is 289 g/mol. The van der Waals surface area contributed by atoms with Gasteiger partial charge in [-0.3, -0.25) is 0 Å². The number of hydrogen-bond donors (Lipinski definition) is 1. The van der Waals surface area contributed by atoms with Crippen molar-refractivity contribution in [2.24, 2.45) is 0 Å². The second-order valence-corrected chi connectivity index (χ2v) is 4.71. The number of rotatable bonds is 5. The summed E-state index contributed by atoms with van der Waals surface area (Å²) >= 11 is 0. The lowest BCUT2D eigenvalue weighted by Crippen LogP contribution is -2.01. The fourth-order valence-corrected chi connectivity index (χ4v) is 2.12. The molecule has 112 valence electrons. The van der Waals surface area contributed by atoms with Crippen molar-refractivity contribution in [2.75, 3.05) is 19.5 Å². The van der Waals surface area contributed by atoms with Crippen LogP contribution in [0.4, 0.5) is 5.69 Å². The SMILES string of the molecule is COC(=O)c1cc(CNc2ccc(OC)c(C)c2)oc1C. The molecule has 0 saturated carbocycles. The first-order valence-corrected chi connectivity index (χ1v) is 6.61. The largest absolute Gasteiger partial charge is 0.496 e. The number of ether oxygens (including phenoxy) is 2. The van der Waals surface area contributed by atoms with E-state index in [4.69, 9.17) is 13.9 Å². The highest BCUT2D eigenvalue weighted by molar-refractivity contribution is 5.90. The van der Waals surface area contributed by atoms with E-state index in [0.717, 1.165) is 17.0 Å². The molecule has 0 atom stereocenters. The van der Waals surface area contributed by atoms with Gasteiger partial charge in [-0.15, -0.1) is 0 Å². The number of nitrogens with one attached hydrogen (secondary N) is 1. The fourth-order valence-electron chi connectivity index (χ4n) is 2.12. The van der Waals surface area contributed by atoms with Crippen LogP contribution in [0.3, 0.4) is 0 Å². The van der Waals surface area contributed by atoms with Gasteiger partial charge in [-0.1, -0.05) is 0 Å². The minimum atomic E-state index is -0.386. The van der Waals surface area contributed by atoms with Crippen molar-refractivity contribution in [3.05, 3.63) is 46.9 Å². The maximum absolute atomic E-state index is 11.5. The lowest BCUT2D eigenvalue weighted by molar-refractivity contribution is 0.0599. The summed E-state index contributed by atoms with van der Waals surface area (Å²) in [6.07, 6.45) is 0. The smallest absolute Gasteiger partial charge is 0.341 e. The summed E-state index contributed by atoms with van der Waals surface area (Å²) in [4.78, 5) is 11.5. The van der Waals surface area contributed by atoms with E-state index in [1.807, 2.05) is 25.1 Å². The Morgan fingerprint density at radius 1 is 1.24 bits per heavy atom. The van der Waals surface area contributed by atoms with Gasteiger partial charge in [-0.25, -0.2) is 4.79 Å². The molecule has 0 aliphatic carbocycles. The van der Waals surface area contributed by atoms with Crippen molar-refractivity contribution >= 4 is 11.7 Å². The van der Waals surface area contributed by atoms with E-state index in [0.29, 0.717) is 23.6 Å². The van der Waals surface area contributed by atoms with Crippen LogP contribution in [0.25, 0.3) is 0 Å². The molecule has 0 aliphatic heterocycles. The molecule has 2 rings (SSSR count). The zero-order valence-corrected chi connectivity index (χ0v) is 12.6. The minimum absolute atomic E-state index is 0.386. The van der Waals surface area contributed by atoms with E-state index in [9.17, 15) is 4.79 Å². The minimum Gasteiger partial charge on any atom is -0.496 e. The number of methoxy groups -OCH3 is 2. The number of carbonyl (C=O) groups excluding carboxylic acids is 1. The molecule has 21 heavy (non-hydrogen) atoms. The summed E-state index contributed by atoms with van der Waals surface area (Å²) in [5, 5.41) is 3.25. The Morgan fingerprint density at radius 3 is 2.62 bits per heavy atom. The molecule has 1 heterocycles. The topological polar surface area (TPSA) is 60.7 Å². The Bertz CT molecular complexity index is 646. The van der Waals surface area contributed by atoms with Crippen LogP contribution in [0.1, 0.15) is 27.4 Å². The van der Waals surface area contributed by atoms with E-state index < -0.39 is 0 Å². The molecular formula is C16H19NO4. The molecule has 0 radical (unpaired) electrons. The molecule has 0 unspecified atom stereocenters. The number of anilines is 1. The van der Waals surface area contributed by atoms with Crippen molar-refractivity contribution in [3.63, 3.8) is 0 Å². The molecule has 2 aromatic rings. The molecule has 0 aliphatic rings. The van der Waals surface area contributed by atoms with Crippen LogP contribution >= 0.6 is 0 Å². The van der Waals surface area contributed by atoms with Gasteiger partial charge in [0.1, 0.15) is 22.8 Å². The zero-order chi connectivity index (χ0) is 15.4. The molecule has 5 heteroatoms. The van der Waals surface area contributed by atoms with E-state index in [-0.39, 0.29) is 5.97 Å². The molecule has 0 saturated heterocycles. The lowest BCUT2D eigenvalue weighted by Gasteiger charge is -2.08. The molecule has 0 spiro atoms.